The van der Waals surface area contributed by atoms with E-state index in [1.165, 1.54) is 0 Å². The zero-order chi connectivity index (χ0) is 6.62. The van der Waals surface area contributed by atoms with Gasteiger partial charge in [-0.1, -0.05) is 19.1 Å². The topological polar surface area (TPSA) is 37.3 Å². The maximum Gasteiger partial charge on any atom is 0.381 e. The summed E-state index contributed by atoms with van der Waals surface area (Å²) < 4.78 is 10.8. The molecule has 0 saturated heterocycles. The van der Waals surface area contributed by atoms with Gasteiger partial charge in [0.25, 0.3) is 0 Å². The lowest BCUT2D eigenvalue weighted by Crippen LogP contribution is -1.92. The highest BCUT2D eigenvalue weighted by molar-refractivity contribution is 7.86. The van der Waals surface area contributed by atoms with Gasteiger partial charge in [-0.3, -0.25) is 0 Å². The van der Waals surface area contributed by atoms with Crippen molar-refractivity contribution in [2.45, 2.75) is 19.1 Å². The molecule has 0 fully saturated rings. The molecule has 2 nitrogen and oxygen atoms in total. The molecule has 0 amide bonds. The van der Waals surface area contributed by atoms with E-state index in [9.17, 15) is 4.57 Å². The van der Waals surface area contributed by atoms with Crippen LogP contribution >= 0.6 is 6.02 Å². The van der Waals surface area contributed by atoms with E-state index >= 15 is 0 Å². The molecule has 0 aliphatic heterocycles. The lowest BCUT2D eigenvalue weighted by Gasteiger charge is -2.02. The van der Waals surface area contributed by atoms with Gasteiger partial charge in [-0.05, 0) is 0 Å². The normalized spacial score (nSPS) is 17.4. The van der Waals surface area contributed by atoms with E-state index in [1.54, 1.807) is 6.92 Å². The van der Waals surface area contributed by atoms with Crippen LogP contribution in [0.5, 0.6) is 0 Å². The summed E-state index contributed by atoms with van der Waals surface area (Å²) in [5.74, 6) is 0. The van der Waals surface area contributed by atoms with E-state index < -0.39 is 20.8 Å². The van der Waals surface area contributed by atoms with Crippen LogP contribution in [0.25, 0.3) is 0 Å². The molecule has 0 aromatic rings. The molecular formula is C4H12AlO2P. The van der Waals surface area contributed by atoms with Crippen molar-refractivity contribution < 1.29 is 9.46 Å². The van der Waals surface area contributed by atoms with Gasteiger partial charge in [0.1, 0.15) is 6.02 Å². The average molecular weight is 150 g/mol. The van der Waals surface area contributed by atoms with Crippen molar-refractivity contribution in [1.29, 1.82) is 0 Å². The van der Waals surface area contributed by atoms with Crippen molar-refractivity contribution in [2.75, 3.05) is 6.16 Å². The molecule has 0 aromatic carbocycles. The summed E-state index contributed by atoms with van der Waals surface area (Å²) in [6.07, 6.45) is 0.479. The summed E-state index contributed by atoms with van der Waals surface area (Å²) in [4.78, 5) is 8.94. The van der Waals surface area contributed by atoms with Crippen molar-refractivity contribution in [1.82, 2.24) is 0 Å². The van der Waals surface area contributed by atoms with Gasteiger partial charge in [0.15, 0.2) is 0 Å². The van der Waals surface area contributed by atoms with Crippen molar-refractivity contribution in [2.24, 2.45) is 0 Å². The minimum atomic E-state index is -2.53. The molecule has 0 rings (SSSR count). The number of rotatable bonds is 3. The fourth-order valence-corrected chi connectivity index (χ4v) is 4.57. The SMILES string of the molecule is C[CH2][AlH][P](=O)(O)CC. The third kappa shape index (κ3) is 3.69. The zero-order valence-electron chi connectivity index (χ0n) is 5.42. The summed E-state index contributed by atoms with van der Waals surface area (Å²) in [7, 11) is 0. The third-order valence-electron chi connectivity index (χ3n) is 1.07. The van der Waals surface area contributed by atoms with Crippen LogP contribution < -0.4 is 0 Å². The zero-order valence-corrected chi connectivity index (χ0v) is 7.73. The van der Waals surface area contributed by atoms with Crippen LogP contribution in [0.4, 0.5) is 0 Å². The molecular weight excluding hydrogens is 138 g/mol. The Morgan fingerprint density at radius 3 is 2.25 bits per heavy atom. The molecule has 0 bridgehead atoms. The molecule has 1 N–H and O–H groups in total. The maximum atomic E-state index is 10.8. The highest BCUT2D eigenvalue weighted by Crippen LogP contribution is 2.37. The van der Waals surface area contributed by atoms with Crippen LogP contribution in [0.2, 0.25) is 5.28 Å². The van der Waals surface area contributed by atoms with E-state index in [0.717, 1.165) is 5.28 Å². The van der Waals surface area contributed by atoms with Gasteiger partial charge < -0.3 is 9.46 Å². The smallest absolute Gasteiger partial charge is 0.357 e. The van der Waals surface area contributed by atoms with E-state index in [-0.39, 0.29) is 0 Å². The molecule has 1 unspecified atom stereocenters. The van der Waals surface area contributed by atoms with Gasteiger partial charge >= 0.3 is 14.8 Å². The molecule has 8 heavy (non-hydrogen) atoms. The molecule has 0 aliphatic carbocycles. The lowest BCUT2D eigenvalue weighted by atomic mass is 11.0. The summed E-state index contributed by atoms with van der Waals surface area (Å²) in [5.41, 5.74) is 0. The fraction of sp³-hybridized carbons (Fsp3) is 1.00. The Bertz CT molecular complexity index is 104. The van der Waals surface area contributed by atoms with E-state index in [0.29, 0.717) is 6.16 Å². The first-order chi connectivity index (χ1) is 3.62. The molecule has 0 aromatic heterocycles. The van der Waals surface area contributed by atoms with Crippen LogP contribution in [-0.2, 0) is 4.57 Å². The summed E-state index contributed by atoms with van der Waals surface area (Å²) in [5, 5.41) is 0.946. The highest BCUT2D eigenvalue weighted by atomic mass is 31.4. The quantitative estimate of drug-likeness (QED) is 0.482. The summed E-state index contributed by atoms with van der Waals surface area (Å²) >= 11 is -0.639. The van der Waals surface area contributed by atoms with Gasteiger partial charge in [0.05, 0.1) is 0 Å². The van der Waals surface area contributed by atoms with Crippen molar-refractivity contribution in [3.8, 4) is 0 Å². The molecule has 4 heteroatoms. The van der Waals surface area contributed by atoms with Crippen molar-refractivity contribution >= 4 is 20.8 Å². The van der Waals surface area contributed by atoms with Gasteiger partial charge in [-0.15, -0.1) is 0 Å². The third-order valence-corrected chi connectivity index (χ3v) is 7.98. The first-order valence-electron chi connectivity index (χ1n) is 2.93. The summed E-state index contributed by atoms with van der Waals surface area (Å²) in [6, 6.07) is -2.53. The van der Waals surface area contributed by atoms with Gasteiger partial charge in [-0.2, -0.15) is 0 Å². The summed E-state index contributed by atoms with van der Waals surface area (Å²) in [6.45, 7) is 3.76. The molecule has 48 valence electrons. The van der Waals surface area contributed by atoms with Crippen molar-refractivity contribution in [3.05, 3.63) is 0 Å². The predicted octanol–water partition coefficient (Wildman–Crippen LogP) is 1.07. The van der Waals surface area contributed by atoms with E-state index in [4.69, 9.17) is 4.89 Å². The van der Waals surface area contributed by atoms with E-state index in [2.05, 4.69) is 0 Å². The minimum Gasteiger partial charge on any atom is -0.357 e. The van der Waals surface area contributed by atoms with Gasteiger partial charge in [0.2, 0.25) is 0 Å². The Morgan fingerprint density at radius 1 is 1.62 bits per heavy atom. The minimum absolute atomic E-state index is 0.479. The second-order valence-corrected chi connectivity index (χ2v) is 9.96. The second-order valence-electron chi connectivity index (χ2n) is 1.89. The van der Waals surface area contributed by atoms with Crippen LogP contribution in [0, 0.1) is 0 Å². The Morgan fingerprint density at radius 2 is 2.12 bits per heavy atom. The molecule has 0 saturated carbocycles. The second kappa shape index (κ2) is 3.69. The fourth-order valence-electron chi connectivity index (χ4n) is 0.508. The van der Waals surface area contributed by atoms with Crippen LogP contribution in [0.3, 0.4) is 0 Å². The van der Waals surface area contributed by atoms with Crippen LogP contribution in [-0.4, -0.2) is 25.8 Å². The number of hydrogen-bond acceptors (Lipinski definition) is 1. The lowest BCUT2D eigenvalue weighted by molar-refractivity contribution is 0.496. The van der Waals surface area contributed by atoms with Gasteiger partial charge in [0, 0.05) is 6.16 Å². The Balaban J connectivity index is 3.55. The largest absolute Gasteiger partial charge is 0.381 e. The van der Waals surface area contributed by atoms with Crippen LogP contribution in [0.15, 0.2) is 0 Å². The van der Waals surface area contributed by atoms with Crippen molar-refractivity contribution in [3.63, 3.8) is 0 Å². The Kier molecular flexibility index (Phi) is 4.03. The van der Waals surface area contributed by atoms with E-state index in [1.807, 2.05) is 6.92 Å². The monoisotopic (exact) mass is 150 g/mol. The first-order valence-corrected chi connectivity index (χ1v) is 7.86. The first kappa shape index (κ1) is 8.72. The molecule has 0 aliphatic rings. The molecule has 0 heterocycles. The molecule has 0 spiro atoms. The average Bonchev–Trinajstić information content (AvgIpc) is 1.67. The Labute approximate surface area is 56.1 Å². The molecule has 0 radical (unpaired) electrons. The highest BCUT2D eigenvalue weighted by Gasteiger charge is 2.14. The van der Waals surface area contributed by atoms with Gasteiger partial charge in [-0.25, -0.2) is 0 Å². The van der Waals surface area contributed by atoms with Crippen LogP contribution in [0.1, 0.15) is 13.8 Å². The molecule has 1 atom stereocenters. The maximum absolute atomic E-state index is 10.8. The number of hydrogen-bond donors (Lipinski definition) is 1. The standard InChI is InChI=1S/C2H5O2P.C2H5.Al.H/c1-2-5(3)4;1-2;;/h2H2,1H3;1H2,2H3;;/q;;-1;/p+1. The predicted molar refractivity (Wildman–Crippen MR) is 38.0 cm³/mol. The Hall–Kier alpha value is 0.722.